The monoisotopic (exact) mass is 425 g/mol. The third kappa shape index (κ3) is 8.50. The van der Waals surface area contributed by atoms with Gasteiger partial charge in [0, 0.05) is 12.2 Å². The predicted molar refractivity (Wildman–Crippen MR) is 121 cm³/mol. The number of amides is 3. The number of hydrogen-bond donors (Lipinski definition) is 2. The largest absolute Gasteiger partial charge is 0.497 e. The van der Waals surface area contributed by atoms with Crippen LogP contribution in [0, 0.1) is 6.92 Å². The third-order valence-electron chi connectivity index (χ3n) is 4.76. The molecule has 0 heterocycles. The number of carbonyl (C=O) groups is 3. The Morgan fingerprint density at radius 2 is 1.65 bits per heavy atom. The van der Waals surface area contributed by atoms with Crippen molar-refractivity contribution in [3.8, 4) is 5.75 Å². The van der Waals surface area contributed by atoms with Crippen molar-refractivity contribution in [3.63, 3.8) is 0 Å². The molecule has 0 aliphatic heterocycles. The van der Waals surface area contributed by atoms with Crippen LogP contribution in [0.15, 0.2) is 48.5 Å². The Bertz CT molecular complexity index is 863. The number of anilines is 1. The molecule has 2 aromatic carbocycles. The molecule has 0 unspecified atom stereocenters. The zero-order valence-electron chi connectivity index (χ0n) is 18.4. The zero-order valence-corrected chi connectivity index (χ0v) is 18.4. The molecule has 0 atom stereocenters. The van der Waals surface area contributed by atoms with Crippen LogP contribution >= 0.6 is 0 Å². The lowest BCUT2D eigenvalue weighted by Gasteiger charge is -2.22. The number of unbranched alkanes of at least 4 members (excludes halogenated alkanes) is 1. The highest BCUT2D eigenvalue weighted by Gasteiger charge is 2.18. The van der Waals surface area contributed by atoms with Crippen LogP contribution in [0.1, 0.15) is 30.9 Å². The van der Waals surface area contributed by atoms with E-state index in [1.807, 2.05) is 38.1 Å². The molecular weight excluding hydrogens is 394 g/mol. The summed E-state index contributed by atoms with van der Waals surface area (Å²) in [6, 6.07) is 14.7. The smallest absolute Gasteiger partial charge is 0.243 e. The molecule has 0 aliphatic carbocycles. The maximum atomic E-state index is 12.8. The number of aryl methyl sites for hydroxylation is 1. The molecule has 2 N–H and O–H groups in total. The molecule has 31 heavy (non-hydrogen) atoms. The summed E-state index contributed by atoms with van der Waals surface area (Å²) < 4.78 is 5.14. The molecule has 0 spiro atoms. The first-order chi connectivity index (χ1) is 14.9. The lowest BCUT2D eigenvalue weighted by atomic mass is 10.1. The van der Waals surface area contributed by atoms with Gasteiger partial charge in [-0.2, -0.15) is 0 Å². The standard InChI is InChI=1S/C24H31N3O4/c1-4-5-14-27(24(30)15-19-8-12-21(31-3)13-9-19)17-23(29)25-16-22(28)26-20-10-6-18(2)7-11-20/h6-13H,4-5,14-17H2,1-3H3,(H,25,29)(H,26,28). The average molecular weight is 426 g/mol. The number of nitrogens with zero attached hydrogens (tertiary/aromatic N) is 1. The van der Waals surface area contributed by atoms with Crippen LogP contribution in [0.25, 0.3) is 0 Å². The average Bonchev–Trinajstić information content (AvgIpc) is 2.77. The molecule has 0 fully saturated rings. The van der Waals surface area contributed by atoms with Crippen LogP contribution in [-0.2, 0) is 20.8 Å². The van der Waals surface area contributed by atoms with Crippen molar-refractivity contribution in [2.24, 2.45) is 0 Å². The maximum absolute atomic E-state index is 12.8. The van der Waals surface area contributed by atoms with Gasteiger partial charge in [-0.3, -0.25) is 14.4 Å². The summed E-state index contributed by atoms with van der Waals surface area (Å²) in [5.74, 6) is -0.0830. The van der Waals surface area contributed by atoms with E-state index in [1.165, 1.54) is 0 Å². The topological polar surface area (TPSA) is 87.7 Å². The molecular formula is C24H31N3O4. The van der Waals surface area contributed by atoms with E-state index in [2.05, 4.69) is 10.6 Å². The summed E-state index contributed by atoms with van der Waals surface area (Å²) >= 11 is 0. The number of ether oxygens (including phenoxy) is 1. The summed E-state index contributed by atoms with van der Waals surface area (Å²) in [6.45, 7) is 4.26. The minimum Gasteiger partial charge on any atom is -0.497 e. The van der Waals surface area contributed by atoms with Crippen LogP contribution in [0.3, 0.4) is 0 Å². The molecule has 7 nitrogen and oxygen atoms in total. The van der Waals surface area contributed by atoms with Crippen LogP contribution in [0.2, 0.25) is 0 Å². The molecule has 166 valence electrons. The van der Waals surface area contributed by atoms with E-state index < -0.39 is 0 Å². The molecule has 0 aliphatic rings. The van der Waals surface area contributed by atoms with Crippen molar-refractivity contribution in [2.45, 2.75) is 33.1 Å². The number of methoxy groups -OCH3 is 1. The van der Waals surface area contributed by atoms with Gasteiger partial charge in [0.2, 0.25) is 17.7 Å². The van der Waals surface area contributed by atoms with Gasteiger partial charge in [-0.25, -0.2) is 0 Å². The number of rotatable bonds is 11. The summed E-state index contributed by atoms with van der Waals surface area (Å²) in [5, 5.41) is 5.33. The van der Waals surface area contributed by atoms with Crippen molar-refractivity contribution < 1.29 is 19.1 Å². The van der Waals surface area contributed by atoms with E-state index in [0.29, 0.717) is 12.2 Å². The highest BCUT2D eigenvalue weighted by molar-refractivity contribution is 5.95. The van der Waals surface area contributed by atoms with E-state index in [-0.39, 0.29) is 37.2 Å². The fourth-order valence-electron chi connectivity index (χ4n) is 2.92. The van der Waals surface area contributed by atoms with Crippen LogP contribution in [-0.4, -0.2) is 49.4 Å². The highest BCUT2D eigenvalue weighted by atomic mass is 16.5. The van der Waals surface area contributed by atoms with Gasteiger partial charge >= 0.3 is 0 Å². The number of nitrogens with one attached hydrogen (secondary N) is 2. The van der Waals surface area contributed by atoms with E-state index >= 15 is 0 Å². The summed E-state index contributed by atoms with van der Waals surface area (Å²) in [5.41, 5.74) is 2.62. The van der Waals surface area contributed by atoms with E-state index in [4.69, 9.17) is 4.74 Å². The summed E-state index contributed by atoms with van der Waals surface area (Å²) in [6.07, 6.45) is 1.91. The molecule has 3 amide bonds. The first-order valence-electron chi connectivity index (χ1n) is 10.4. The fraction of sp³-hybridized carbons (Fsp3) is 0.375. The molecule has 0 saturated carbocycles. The minimum absolute atomic E-state index is 0.0766. The first-order valence-corrected chi connectivity index (χ1v) is 10.4. The van der Waals surface area contributed by atoms with E-state index in [1.54, 1.807) is 36.3 Å². The van der Waals surface area contributed by atoms with Gasteiger partial charge in [0.1, 0.15) is 5.75 Å². The number of hydrogen-bond acceptors (Lipinski definition) is 4. The Labute approximate surface area is 183 Å². The normalized spacial score (nSPS) is 10.3. The van der Waals surface area contributed by atoms with E-state index in [0.717, 1.165) is 29.7 Å². The molecule has 0 saturated heterocycles. The molecule has 2 rings (SSSR count). The van der Waals surface area contributed by atoms with Crippen LogP contribution in [0.5, 0.6) is 5.75 Å². The first kappa shape index (κ1) is 23.9. The lowest BCUT2D eigenvalue weighted by molar-refractivity contribution is -0.135. The van der Waals surface area contributed by atoms with Crippen LogP contribution in [0.4, 0.5) is 5.69 Å². The quantitative estimate of drug-likeness (QED) is 0.579. The van der Waals surface area contributed by atoms with Crippen molar-refractivity contribution in [2.75, 3.05) is 32.1 Å². The molecule has 0 aromatic heterocycles. The highest BCUT2D eigenvalue weighted by Crippen LogP contribution is 2.13. The van der Waals surface area contributed by atoms with Gasteiger partial charge in [-0.05, 0) is 43.2 Å². The molecule has 2 aromatic rings. The second kappa shape index (κ2) is 12.4. The Hall–Kier alpha value is -3.35. The fourth-order valence-corrected chi connectivity index (χ4v) is 2.92. The third-order valence-corrected chi connectivity index (χ3v) is 4.76. The van der Waals surface area contributed by atoms with Gasteiger partial charge in [0.25, 0.3) is 0 Å². The molecule has 0 radical (unpaired) electrons. The SMILES string of the molecule is CCCCN(CC(=O)NCC(=O)Nc1ccc(C)cc1)C(=O)Cc1ccc(OC)cc1. The zero-order chi connectivity index (χ0) is 22.6. The van der Waals surface area contributed by atoms with Crippen molar-refractivity contribution in [1.29, 1.82) is 0 Å². The second-order valence-corrected chi connectivity index (χ2v) is 7.38. The lowest BCUT2D eigenvalue weighted by Crippen LogP contribution is -2.43. The number of carbonyl (C=O) groups excluding carboxylic acids is 3. The molecule has 0 bridgehead atoms. The van der Waals surface area contributed by atoms with Crippen molar-refractivity contribution in [1.82, 2.24) is 10.2 Å². The maximum Gasteiger partial charge on any atom is 0.243 e. The Morgan fingerprint density at radius 3 is 2.26 bits per heavy atom. The Balaban J connectivity index is 1.86. The minimum atomic E-state index is -0.363. The van der Waals surface area contributed by atoms with Gasteiger partial charge in [-0.15, -0.1) is 0 Å². The van der Waals surface area contributed by atoms with Crippen LogP contribution < -0.4 is 15.4 Å². The second-order valence-electron chi connectivity index (χ2n) is 7.38. The molecule has 7 heteroatoms. The van der Waals surface area contributed by atoms with Gasteiger partial charge in [0.05, 0.1) is 26.6 Å². The van der Waals surface area contributed by atoms with Crippen molar-refractivity contribution >= 4 is 23.4 Å². The summed E-state index contributed by atoms with van der Waals surface area (Å²) in [7, 11) is 1.59. The predicted octanol–water partition coefficient (Wildman–Crippen LogP) is 2.93. The van der Waals surface area contributed by atoms with Gasteiger partial charge < -0.3 is 20.3 Å². The Kier molecular flexibility index (Phi) is 9.55. The van der Waals surface area contributed by atoms with Crippen molar-refractivity contribution in [3.05, 3.63) is 59.7 Å². The van der Waals surface area contributed by atoms with Gasteiger partial charge in [-0.1, -0.05) is 43.2 Å². The Morgan fingerprint density at radius 1 is 0.968 bits per heavy atom. The van der Waals surface area contributed by atoms with E-state index in [9.17, 15) is 14.4 Å². The number of benzene rings is 2. The summed E-state index contributed by atoms with van der Waals surface area (Å²) in [4.78, 5) is 38.7. The van der Waals surface area contributed by atoms with Gasteiger partial charge in [0.15, 0.2) is 0 Å².